The summed E-state index contributed by atoms with van der Waals surface area (Å²) in [5.74, 6) is -2.15. The second-order valence-corrected chi connectivity index (χ2v) is 8.85. The molecular weight excluding hydrogens is 466 g/mol. The quantitative estimate of drug-likeness (QED) is 0.418. The Balaban J connectivity index is 1.66. The van der Waals surface area contributed by atoms with Crippen LogP contribution in [0.1, 0.15) is 45.2 Å². The van der Waals surface area contributed by atoms with Gasteiger partial charge in [0, 0.05) is 39.6 Å². The SMILES string of the molecule is C=NC(C)(CC=C(C)C(C)(F)F)NC(=O)N1CC=C(c2ncc(-c3nnc(C)o3)cc2Cl)CC1. The van der Waals surface area contributed by atoms with Crippen molar-refractivity contribution in [3.63, 3.8) is 0 Å². The van der Waals surface area contributed by atoms with Crippen LogP contribution in [0.3, 0.4) is 0 Å². The lowest BCUT2D eigenvalue weighted by atomic mass is 10.0. The first-order valence-electron chi connectivity index (χ1n) is 10.7. The number of amides is 2. The number of halogens is 3. The molecule has 3 rings (SSSR count). The molecule has 0 spiro atoms. The van der Waals surface area contributed by atoms with Gasteiger partial charge in [-0.15, -0.1) is 10.2 Å². The summed E-state index contributed by atoms with van der Waals surface area (Å²) in [6, 6.07) is 1.36. The third kappa shape index (κ3) is 6.05. The second-order valence-electron chi connectivity index (χ2n) is 8.45. The van der Waals surface area contributed by atoms with Crippen LogP contribution in [0, 0.1) is 6.92 Å². The van der Waals surface area contributed by atoms with E-state index < -0.39 is 11.6 Å². The minimum absolute atomic E-state index is 0.0909. The van der Waals surface area contributed by atoms with Crippen LogP contribution >= 0.6 is 11.6 Å². The van der Waals surface area contributed by atoms with Crippen LogP contribution in [0.2, 0.25) is 5.02 Å². The van der Waals surface area contributed by atoms with E-state index >= 15 is 0 Å². The molecule has 0 fully saturated rings. The molecule has 1 unspecified atom stereocenters. The minimum Gasteiger partial charge on any atom is -0.421 e. The zero-order chi connectivity index (χ0) is 25.1. The Hall–Kier alpha value is -3.14. The van der Waals surface area contributed by atoms with Crippen LogP contribution in [0.25, 0.3) is 17.0 Å². The van der Waals surface area contributed by atoms with Gasteiger partial charge in [-0.25, -0.2) is 13.6 Å². The standard InChI is InChI=1S/C23H27ClF2N6O2/c1-14(23(4,25)26)6-9-22(3,27-5)29-21(33)32-10-7-16(8-11-32)19-18(24)12-17(13-28-19)20-31-30-15(2)34-20/h6-7,12-13H,5,8-11H2,1-4H3,(H,29,33). The maximum absolute atomic E-state index is 13.4. The number of allylic oxidation sites excluding steroid dienone is 1. The van der Waals surface area contributed by atoms with Gasteiger partial charge in [0.1, 0.15) is 5.66 Å². The molecule has 0 saturated carbocycles. The maximum atomic E-state index is 13.4. The number of aromatic nitrogens is 3. The zero-order valence-electron chi connectivity index (χ0n) is 19.5. The molecule has 0 bridgehead atoms. The monoisotopic (exact) mass is 492 g/mol. The van der Waals surface area contributed by atoms with Crippen LogP contribution in [-0.4, -0.2) is 57.5 Å². The molecule has 34 heavy (non-hydrogen) atoms. The Kier molecular flexibility index (Phi) is 7.50. The van der Waals surface area contributed by atoms with Crippen LogP contribution in [-0.2, 0) is 0 Å². The van der Waals surface area contributed by atoms with E-state index in [1.54, 1.807) is 31.0 Å². The summed E-state index contributed by atoms with van der Waals surface area (Å²) in [7, 11) is 0. The number of pyridine rings is 1. The molecule has 0 aromatic carbocycles. The molecule has 2 aromatic heterocycles. The third-order valence-corrected chi connectivity index (χ3v) is 5.93. The van der Waals surface area contributed by atoms with E-state index in [9.17, 15) is 13.6 Å². The summed E-state index contributed by atoms with van der Waals surface area (Å²) < 4.78 is 32.2. The van der Waals surface area contributed by atoms with Gasteiger partial charge < -0.3 is 14.6 Å². The lowest BCUT2D eigenvalue weighted by Crippen LogP contribution is -2.51. The van der Waals surface area contributed by atoms with Crippen molar-refractivity contribution in [3.05, 3.63) is 46.6 Å². The van der Waals surface area contributed by atoms with E-state index in [4.69, 9.17) is 16.0 Å². The summed E-state index contributed by atoms with van der Waals surface area (Å²) in [4.78, 5) is 22.8. The number of nitrogens with zero attached hydrogens (tertiary/aromatic N) is 5. The summed E-state index contributed by atoms with van der Waals surface area (Å²) in [6.07, 6.45) is 5.51. The lowest BCUT2D eigenvalue weighted by molar-refractivity contribution is 0.0629. The minimum atomic E-state index is -2.93. The van der Waals surface area contributed by atoms with Crippen molar-refractivity contribution < 1.29 is 18.0 Å². The molecule has 182 valence electrons. The van der Waals surface area contributed by atoms with Crippen molar-refractivity contribution in [2.45, 2.75) is 52.1 Å². The molecule has 11 heteroatoms. The molecular formula is C23H27ClF2N6O2. The molecule has 2 amide bonds. The largest absolute Gasteiger partial charge is 0.421 e. The topological polar surface area (TPSA) is 96.5 Å². The van der Waals surface area contributed by atoms with Gasteiger partial charge in [-0.05, 0) is 44.2 Å². The summed E-state index contributed by atoms with van der Waals surface area (Å²) >= 11 is 6.45. The van der Waals surface area contributed by atoms with Crippen molar-refractivity contribution in [1.82, 2.24) is 25.4 Å². The number of aryl methyl sites for hydroxylation is 1. The Morgan fingerprint density at radius 2 is 2.15 bits per heavy atom. The Bertz CT molecular complexity index is 1140. The number of rotatable bonds is 7. The first-order valence-corrected chi connectivity index (χ1v) is 11.0. The van der Waals surface area contributed by atoms with E-state index in [2.05, 4.69) is 32.2 Å². The van der Waals surface area contributed by atoms with Gasteiger partial charge in [0.15, 0.2) is 0 Å². The van der Waals surface area contributed by atoms with Gasteiger partial charge >= 0.3 is 6.03 Å². The van der Waals surface area contributed by atoms with Crippen LogP contribution in [0.5, 0.6) is 0 Å². The summed E-state index contributed by atoms with van der Waals surface area (Å²) in [6.45, 7) is 9.78. The summed E-state index contributed by atoms with van der Waals surface area (Å²) in [5.41, 5.74) is 0.956. The molecule has 1 aliphatic rings. The molecule has 0 aliphatic carbocycles. The number of hydrogen-bond acceptors (Lipinski definition) is 6. The van der Waals surface area contributed by atoms with Crippen molar-refractivity contribution in [1.29, 1.82) is 0 Å². The van der Waals surface area contributed by atoms with Gasteiger partial charge in [-0.2, -0.15) is 0 Å². The fourth-order valence-electron chi connectivity index (χ4n) is 3.27. The predicted octanol–water partition coefficient (Wildman–Crippen LogP) is 5.30. The number of nitrogens with one attached hydrogen (secondary N) is 1. The summed E-state index contributed by atoms with van der Waals surface area (Å²) in [5, 5.41) is 11.0. The van der Waals surface area contributed by atoms with Gasteiger partial charge in [0.05, 0.1) is 16.3 Å². The zero-order valence-corrected chi connectivity index (χ0v) is 20.3. The molecule has 8 nitrogen and oxygen atoms in total. The molecule has 3 heterocycles. The molecule has 0 saturated heterocycles. The highest BCUT2D eigenvalue weighted by Crippen LogP contribution is 2.30. The van der Waals surface area contributed by atoms with Crippen LogP contribution < -0.4 is 5.32 Å². The van der Waals surface area contributed by atoms with Gasteiger partial charge in [0.25, 0.3) is 5.92 Å². The molecule has 1 atom stereocenters. The molecule has 0 radical (unpaired) electrons. The highest BCUT2D eigenvalue weighted by molar-refractivity contribution is 6.32. The maximum Gasteiger partial charge on any atom is 0.319 e. The average Bonchev–Trinajstić information content (AvgIpc) is 3.23. The predicted molar refractivity (Wildman–Crippen MR) is 127 cm³/mol. The normalized spacial score (nSPS) is 16.6. The van der Waals surface area contributed by atoms with Crippen molar-refractivity contribution in [2.75, 3.05) is 13.1 Å². The average molecular weight is 493 g/mol. The van der Waals surface area contributed by atoms with E-state index in [0.717, 1.165) is 12.5 Å². The molecule has 1 aliphatic heterocycles. The number of urea groups is 1. The van der Waals surface area contributed by atoms with Crippen molar-refractivity contribution in [3.8, 4) is 11.5 Å². The van der Waals surface area contributed by atoms with E-state index in [1.165, 1.54) is 13.0 Å². The number of aliphatic imine (C=N–C) groups is 1. The molecule has 1 N–H and O–H groups in total. The fraction of sp³-hybridized carbons (Fsp3) is 0.435. The Morgan fingerprint density at radius 1 is 1.41 bits per heavy atom. The second kappa shape index (κ2) is 10.0. The number of carbonyl (C=O) groups excluding carboxylic acids is 1. The first-order chi connectivity index (χ1) is 15.9. The fourth-order valence-corrected chi connectivity index (χ4v) is 3.56. The van der Waals surface area contributed by atoms with Crippen molar-refractivity contribution >= 4 is 29.9 Å². The van der Waals surface area contributed by atoms with Crippen LogP contribution in [0.4, 0.5) is 13.6 Å². The van der Waals surface area contributed by atoms with Gasteiger partial charge in [-0.3, -0.25) is 9.98 Å². The first kappa shape index (κ1) is 25.5. The van der Waals surface area contributed by atoms with E-state index in [0.29, 0.717) is 47.6 Å². The van der Waals surface area contributed by atoms with Gasteiger partial charge in [0.2, 0.25) is 11.8 Å². The smallest absolute Gasteiger partial charge is 0.319 e. The van der Waals surface area contributed by atoms with Crippen molar-refractivity contribution in [2.24, 2.45) is 4.99 Å². The number of hydrogen-bond donors (Lipinski definition) is 1. The highest BCUT2D eigenvalue weighted by atomic mass is 35.5. The van der Waals surface area contributed by atoms with Crippen LogP contribution in [0.15, 0.2) is 39.4 Å². The number of alkyl halides is 2. The highest BCUT2D eigenvalue weighted by Gasteiger charge is 2.29. The van der Waals surface area contributed by atoms with Gasteiger partial charge in [-0.1, -0.05) is 23.8 Å². The van der Waals surface area contributed by atoms with E-state index in [-0.39, 0.29) is 18.0 Å². The molecule has 2 aromatic rings. The Morgan fingerprint density at radius 3 is 2.68 bits per heavy atom. The number of carbonyl (C=O) groups is 1. The Labute approximate surface area is 201 Å². The lowest BCUT2D eigenvalue weighted by Gasteiger charge is -2.32. The van der Waals surface area contributed by atoms with E-state index in [1.807, 2.05) is 6.08 Å². The third-order valence-electron chi connectivity index (χ3n) is 5.64.